The number of carbonyl (C=O) groups is 1. The van der Waals surface area contributed by atoms with Gasteiger partial charge in [0.15, 0.2) is 0 Å². The topological polar surface area (TPSA) is 75.3 Å². The summed E-state index contributed by atoms with van der Waals surface area (Å²) < 4.78 is 0. The van der Waals surface area contributed by atoms with E-state index in [9.17, 15) is 4.79 Å². The fraction of sp³-hybridized carbons (Fsp3) is 0.533. The van der Waals surface area contributed by atoms with Crippen LogP contribution in [0, 0.1) is 5.92 Å². The zero-order valence-corrected chi connectivity index (χ0v) is 11.7. The molecular formula is C15H24N2O2. The minimum absolute atomic E-state index is 0.357. The van der Waals surface area contributed by atoms with Crippen LogP contribution < -0.4 is 11.1 Å². The van der Waals surface area contributed by atoms with Crippen molar-refractivity contribution in [2.75, 3.05) is 11.9 Å². The Labute approximate surface area is 115 Å². The normalized spacial score (nSPS) is 13.8. The van der Waals surface area contributed by atoms with Gasteiger partial charge >= 0.3 is 5.97 Å². The van der Waals surface area contributed by atoms with Crippen LogP contribution in [-0.2, 0) is 11.2 Å². The van der Waals surface area contributed by atoms with E-state index in [-0.39, 0.29) is 0 Å². The van der Waals surface area contributed by atoms with E-state index in [0.717, 1.165) is 30.1 Å². The minimum Gasteiger partial charge on any atom is -0.480 e. The Hall–Kier alpha value is -1.55. The van der Waals surface area contributed by atoms with Crippen LogP contribution in [0.3, 0.4) is 0 Å². The lowest BCUT2D eigenvalue weighted by Crippen LogP contribution is -2.32. The molecule has 0 saturated heterocycles. The standard InChI is InChI=1S/C15H24N2O2/c1-3-11(2)7-8-17-13-6-4-5-12(9-13)10-14(16)15(18)19/h4-6,9,11,14,17H,3,7-8,10,16H2,1-2H3,(H,18,19). The molecule has 2 atom stereocenters. The molecule has 0 amide bonds. The van der Waals surface area contributed by atoms with Crippen molar-refractivity contribution in [1.29, 1.82) is 0 Å². The maximum Gasteiger partial charge on any atom is 0.320 e. The summed E-state index contributed by atoms with van der Waals surface area (Å²) in [6.45, 7) is 5.37. The molecule has 106 valence electrons. The Morgan fingerprint density at radius 1 is 1.47 bits per heavy atom. The summed E-state index contributed by atoms with van der Waals surface area (Å²) in [5, 5.41) is 12.2. The van der Waals surface area contributed by atoms with E-state index in [1.54, 1.807) is 0 Å². The van der Waals surface area contributed by atoms with Crippen LogP contribution in [-0.4, -0.2) is 23.7 Å². The van der Waals surface area contributed by atoms with Crippen molar-refractivity contribution in [2.24, 2.45) is 11.7 Å². The number of rotatable bonds is 8. The molecular weight excluding hydrogens is 240 g/mol. The van der Waals surface area contributed by atoms with E-state index in [1.165, 1.54) is 6.42 Å². The average molecular weight is 264 g/mol. The van der Waals surface area contributed by atoms with E-state index in [4.69, 9.17) is 10.8 Å². The number of benzene rings is 1. The Morgan fingerprint density at radius 3 is 2.84 bits per heavy atom. The molecule has 4 N–H and O–H groups in total. The monoisotopic (exact) mass is 264 g/mol. The average Bonchev–Trinajstić information content (AvgIpc) is 2.38. The van der Waals surface area contributed by atoms with E-state index in [1.807, 2.05) is 24.3 Å². The lowest BCUT2D eigenvalue weighted by atomic mass is 10.0. The van der Waals surface area contributed by atoms with Crippen LogP contribution in [0.25, 0.3) is 0 Å². The molecule has 0 spiro atoms. The van der Waals surface area contributed by atoms with E-state index < -0.39 is 12.0 Å². The van der Waals surface area contributed by atoms with E-state index in [0.29, 0.717) is 6.42 Å². The van der Waals surface area contributed by atoms with E-state index >= 15 is 0 Å². The molecule has 0 bridgehead atoms. The van der Waals surface area contributed by atoms with Gasteiger partial charge in [0.1, 0.15) is 6.04 Å². The number of nitrogens with two attached hydrogens (primary N) is 1. The van der Waals surface area contributed by atoms with Gasteiger partial charge in [-0.3, -0.25) is 4.79 Å². The molecule has 0 radical (unpaired) electrons. The molecule has 4 heteroatoms. The quantitative estimate of drug-likeness (QED) is 0.674. The largest absolute Gasteiger partial charge is 0.480 e. The van der Waals surface area contributed by atoms with Gasteiger partial charge in [-0.25, -0.2) is 0 Å². The Bertz CT molecular complexity index is 407. The van der Waals surface area contributed by atoms with Crippen molar-refractivity contribution in [1.82, 2.24) is 0 Å². The summed E-state index contributed by atoms with van der Waals surface area (Å²) in [6, 6.07) is 6.96. The molecule has 0 aliphatic carbocycles. The molecule has 0 aliphatic heterocycles. The number of hydrogen-bond donors (Lipinski definition) is 3. The Morgan fingerprint density at radius 2 is 2.21 bits per heavy atom. The molecule has 0 heterocycles. The van der Waals surface area contributed by atoms with Crippen LogP contribution in [0.1, 0.15) is 32.3 Å². The number of hydrogen-bond acceptors (Lipinski definition) is 3. The van der Waals surface area contributed by atoms with Crippen LogP contribution in [0.15, 0.2) is 24.3 Å². The first-order valence-corrected chi connectivity index (χ1v) is 6.84. The maximum atomic E-state index is 10.7. The van der Waals surface area contributed by atoms with Crippen LogP contribution in [0.5, 0.6) is 0 Å². The SMILES string of the molecule is CCC(C)CCNc1cccc(CC(N)C(=O)O)c1. The first-order valence-electron chi connectivity index (χ1n) is 6.84. The van der Waals surface area contributed by atoms with Gasteiger partial charge < -0.3 is 16.2 Å². The molecule has 0 aliphatic rings. The van der Waals surface area contributed by atoms with Crippen molar-refractivity contribution < 1.29 is 9.90 Å². The van der Waals surface area contributed by atoms with Crippen molar-refractivity contribution in [3.63, 3.8) is 0 Å². The first kappa shape index (κ1) is 15.5. The molecule has 0 aromatic heterocycles. The van der Waals surface area contributed by atoms with Crippen molar-refractivity contribution in [3.8, 4) is 0 Å². The van der Waals surface area contributed by atoms with Crippen LogP contribution in [0.2, 0.25) is 0 Å². The highest BCUT2D eigenvalue weighted by Gasteiger charge is 2.12. The van der Waals surface area contributed by atoms with Gasteiger partial charge in [0, 0.05) is 12.2 Å². The summed E-state index contributed by atoms with van der Waals surface area (Å²) in [5.41, 5.74) is 7.51. The summed E-state index contributed by atoms with van der Waals surface area (Å²) in [6.07, 6.45) is 2.68. The number of nitrogens with one attached hydrogen (secondary N) is 1. The third-order valence-corrected chi connectivity index (χ3v) is 3.36. The van der Waals surface area contributed by atoms with Gasteiger partial charge in [-0.05, 0) is 36.5 Å². The fourth-order valence-electron chi connectivity index (χ4n) is 1.82. The number of carboxylic acid groups (broad SMARTS) is 1. The molecule has 1 aromatic carbocycles. The van der Waals surface area contributed by atoms with Gasteiger partial charge in [0.2, 0.25) is 0 Å². The molecule has 4 nitrogen and oxygen atoms in total. The van der Waals surface area contributed by atoms with Gasteiger partial charge in [0.25, 0.3) is 0 Å². The zero-order valence-electron chi connectivity index (χ0n) is 11.7. The second-order valence-electron chi connectivity index (χ2n) is 5.08. The summed E-state index contributed by atoms with van der Waals surface area (Å²) in [7, 11) is 0. The molecule has 0 fully saturated rings. The first-order chi connectivity index (χ1) is 9.02. The van der Waals surface area contributed by atoms with E-state index in [2.05, 4.69) is 19.2 Å². The lowest BCUT2D eigenvalue weighted by molar-refractivity contribution is -0.138. The second-order valence-corrected chi connectivity index (χ2v) is 5.08. The highest BCUT2D eigenvalue weighted by molar-refractivity contribution is 5.73. The van der Waals surface area contributed by atoms with Gasteiger partial charge in [0.05, 0.1) is 0 Å². The van der Waals surface area contributed by atoms with Crippen LogP contribution in [0.4, 0.5) is 5.69 Å². The zero-order chi connectivity index (χ0) is 14.3. The van der Waals surface area contributed by atoms with Crippen molar-refractivity contribution >= 4 is 11.7 Å². The highest BCUT2D eigenvalue weighted by atomic mass is 16.4. The molecule has 19 heavy (non-hydrogen) atoms. The van der Waals surface area contributed by atoms with Gasteiger partial charge in [-0.15, -0.1) is 0 Å². The molecule has 2 unspecified atom stereocenters. The van der Waals surface area contributed by atoms with Crippen LogP contribution >= 0.6 is 0 Å². The number of anilines is 1. The third-order valence-electron chi connectivity index (χ3n) is 3.36. The highest BCUT2D eigenvalue weighted by Crippen LogP contribution is 2.13. The second kappa shape index (κ2) is 7.79. The smallest absolute Gasteiger partial charge is 0.320 e. The predicted molar refractivity (Wildman–Crippen MR) is 78.3 cm³/mol. The molecule has 1 rings (SSSR count). The predicted octanol–water partition coefficient (Wildman–Crippen LogP) is 2.49. The van der Waals surface area contributed by atoms with Gasteiger partial charge in [-0.1, -0.05) is 32.4 Å². The van der Waals surface area contributed by atoms with Crippen molar-refractivity contribution in [2.45, 2.75) is 39.2 Å². The Kier molecular flexibility index (Phi) is 6.36. The minimum atomic E-state index is -0.963. The third kappa shape index (κ3) is 5.75. The van der Waals surface area contributed by atoms with Gasteiger partial charge in [-0.2, -0.15) is 0 Å². The van der Waals surface area contributed by atoms with Crippen molar-refractivity contribution in [3.05, 3.63) is 29.8 Å². The summed E-state index contributed by atoms with van der Waals surface area (Å²) in [4.78, 5) is 10.7. The number of carboxylic acids is 1. The molecule has 1 aromatic rings. The summed E-state index contributed by atoms with van der Waals surface area (Å²) in [5.74, 6) is -0.244. The fourth-order valence-corrected chi connectivity index (χ4v) is 1.82. The Balaban J connectivity index is 2.50. The lowest BCUT2D eigenvalue weighted by Gasteiger charge is -2.12. The number of aliphatic carboxylic acids is 1. The maximum absolute atomic E-state index is 10.7. The summed E-state index contributed by atoms with van der Waals surface area (Å²) >= 11 is 0. The molecule has 0 saturated carbocycles.